The van der Waals surface area contributed by atoms with E-state index in [1.54, 1.807) is 7.11 Å². The fourth-order valence-electron chi connectivity index (χ4n) is 2.50. The van der Waals surface area contributed by atoms with E-state index in [0.717, 1.165) is 27.8 Å². The summed E-state index contributed by atoms with van der Waals surface area (Å²) >= 11 is 0. The molecule has 0 aliphatic rings. The molecule has 3 aromatic rings. The van der Waals surface area contributed by atoms with Gasteiger partial charge >= 0.3 is 0 Å². The highest BCUT2D eigenvalue weighted by molar-refractivity contribution is 5.82. The number of benzene rings is 2. The third-order valence-corrected chi connectivity index (χ3v) is 3.63. The molecule has 0 aliphatic heterocycles. The first kappa shape index (κ1) is 13.6. The standard InChI is InChI=1S/C18H17NO2/c1-12-10-17(19-16-9-4-3-8-15(12)16)18(20)13-6-5-7-14(11-13)21-2/h3-11,18,20H,1-2H3. The molecule has 0 spiro atoms. The average molecular weight is 279 g/mol. The molecule has 21 heavy (non-hydrogen) atoms. The molecule has 0 amide bonds. The van der Waals surface area contributed by atoms with Crippen molar-refractivity contribution in [3.63, 3.8) is 0 Å². The van der Waals surface area contributed by atoms with E-state index in [9.17, 15) is 5.11 Å². The van der Waals surface area contributed by atoms with Gasteiger partial charge in [0.1, 0.15) is 11.9 Å². The number of para-hydroxylation sites is 1. The number of aryl methyl sites for hydroxylation is 1. The Morgan fingerprint density at radius 2 is 1.86 bits per heavy atom. The maximum absolute atomic E-state index is 10.6. The maximum Gasteiger partial charge on any atom is 0.121 e. The fraction of sp³-hybridized carbons (Fsp3) is 0.167. The molecule has 0 aliphatic carbocycles. The monoisotopic (exact) mass is 279 g/mol. The lowest BCUT2D eigenvalue weighted by Gasteiger charge is -2.14. The van der Waals surface area contributed by atoms with E-state index in [1.165, 1.54) is 0 Å². The molecule has 3 rings (SSSR count). The highest BCUT2D eigenvalue weighted by Gasteiger charge is 2.14. The Morgan fingerprint density at radius 3 is 2.67 bits per heavy atom. The molecule has 0 fully saturated rings. The third-order valence-electron chi connectivity index (χ3n) is 3.63. The SMILES string of the molecule is COc1cccc(C(O)c2cc(C)c3ccccc3n2)c1. The quantitative estimate of drug-likeness (QED) is 0.796. The van der Waals surface area contributed by atoms with Crippen LogP contribution in [0.1, 0.15) is 22.9 Å². The molecule has 1 unspecified atom stereocenters. The topological polar surface area (TPSA) is 42.4 Å². The van der Waals surface area contributed by atoms with Crippen molar-refractivity contribution in [2.75, 3.05) is 7.11 Å². The van der Waals surface area contributed by atoms with Crippen molar-refractivity contribution < 1.29 is 9.84 Å². The van der Waals surface area contributed by atoms with Crippen LogP contribution in [-0.2, 0) is 0 Å². The summed E-state index contributed by atoms with van der Waals surface area (Å²) in [6.07, 6.45) is -0.761. The van der Waals surface area contributed by atoms with Gasteiger partial charge in [-0.05, 0) is 42.3 Å². The Bertz CT molecular complexity index is 783. The van der Waals surface area contributed by atoms with Gasteiger partial charge in [0.2, 0.25) is 0 Å². The van der Waals surface area contributed by atoms with Crippen molar-refractivity contribution in [2.24, 2.45) is 0 Å². The minimum absolute atomic E-state index is 0.652. The number of hydrogen-bond donors (Lipinski definition) is 1. The molecule has 3 heteroatoms. The van der Waals surface area contributed by atoms with E-state index in [0.29, 0.717) is 5.69 Å². The van der Waals surface area contributed by atoms with E-state index >= 15 is 0 Å². The Labute approximate surface area is 123 Å². The number of ether oxygens (including phenoxy) is 1. The minimum atomic E-state index is -0.761. The van der Waals surface area contributed by atoms with Crippen LogP contribution in [0.5, 0.6) is 5.75 Å². The van der Waals surface area contributed by atoms with Crippen molar-refractivity contribution >= 4 is 10.9 Å². The zero-order valence-electron chi connectivity index (χ0n) is 12.1. The molecule has 0 bridgehead atoms. The minimum Gasteiger partial charge on any atom is -0.497 e. The summed E-state index contributed by atoms with van der Waals surface area (Å²) in [5, 5.41) is 11.7. The van der Waals surface area contributed by atoms with Crippen LogP contribution in [0.4, 0.5) is 0 Å². The number of methoxy groups -OCH3 is 1. The van der Waals surface area contributed by atoms with E-state index < -0.39 is 6.10 Å². The zero-order chi connectivity index (χ0) is 14.8. The van der Waals surface area contributed by atoms with Gasteiger partial charge in [-0.3, -0.25) is 0 Å². The van der Waals surface area contributed by atoms with E-state index in [2.05, 4.69) is 4.98 Å². The lowest BCUT2D eigenvalue weighted by molar-refractivity contribution is 0.215. The van der Waals surface area contributed by atoms with Crippen LogP contribution in [0.3, 0.4) is 0 Å². The number of hydrogen-bond acceptors (Lipinski definition) is 3. The fourth-order valence-corrected chi connectivity index (χ4v) is 2.50. The van der Waals surface area contributed by atoms with Crippen LogP contribution < -0.4 is 4.74 Å². The molecule has 1 heterocycles. The number of aromatic nitrogens is 1. The van der Waals surface area contributed by atoms with Gasteiger partial charge in [-0.15, -0.1) is 0 Å². The summed E-state index contributed by atoms with van der Waals surface area (Å²) in [5.41, 5.74) is 3.43. The first-order valence-corrected chi connectivity index (χ1v) is 6.87. The number of nitrogens with zero attached hydrogens (tertiary/aromatic N) is 1. The Kier molecular flexibility index (Phi) is 3.59. The highest BCUT2D eigenvalue weighted by Crippen LogP contribution is 2.27. The predicted molar refractivity (Wildman–Crippen MR) is 83.5 cm³/mol. The maximum atomic E-state index is 10.6. The molecule has 0 saturated heterocycles. The number of pyridine rings is 1. The van der Waals surface area contributed by atoms with Crippen LogP contribution in [-0.4, -0.2) is 17.2 Å². The second-order valence-corrected chi connectivity index (χ2v) is 5.06. The second-order valence-electron chi connectivity index (χ2n) is 5.06. The summed E-state index contributed by atoms with van der Waals surface area (Å²) in [6, 6.07) is 17.3. The van der Waals surface area contributed by atoms with E-state index in [1.807, 2.05) is 61.5 Å². The smallest absolute Gasteiger partial charge is 0.121 e. The summed E-state index contributed by atoms with van der Waals surface area (Å²) in [5.74, 6) is 0.726. The van der Waals surface area contributed by atoms with Gasteiger partial charge < -0.3 is 9.84 Å². The molecule has 2 aromatic carbocycles. The van der Waals surface area contributed by atoms with Crippen molar-refractivity contribution in [3.8, 4) is 5.75 Å². The number of aliphatic hydroxyl groups is 1. The zero-order valence-corrected chi connectivity index (χ0v) is 12.1. The molecule has 3 nitrogen and oxygen atoms in total. The predicted octanol–water partition coefficient (Wildman–Crippen LogP) is 3.63. The van der Waals surface area contributed by atoms with Crippen LogP contribution in [0.2, 0.25) is 0 Å². The van der Waals surface area contributed by atoms with Crippen LogP contribution in [0, 0.1) is 6.92 Å². The first-order valence-electron chi connectivity index (χ1n) is 6.87. The van der Waals surface area contributed by atoms with Crippen molar-refractivity contribution in [3.05, 3.63) is 71.4 Å². The van der Waals surface area contributed by atoms with Crippen LogP contribution in [0.25, 0.3) is 10.9 Å². The van der Waals surface area contributed by atoms with Gasteiger partial charge in [0.15, 0.2) is 0 Å². The number of aliphatic hydroxyl groups excluding tert-OH is 1. The summed E-state index contributed by atoms with van der Waals surface area (Å²) in [7, 11) is 1.61. The first-order chi connectivity index (χ1) is 10.2. The lowest BCUT2D eigenvalue weighted by atomic mass is 10.0. The Hall–Kier alpha value is -2.39. The molecule has 0 saturated carbocycles. The van der Waals surface area contributed by atoms with Crippen LogP contribution in [0.15, 0.2) is 54.6 Å². The molecule has 106 valence electrons. The highest BCUT2D eigenvalue weighted by atomic mass is 16.5. The van der Waals surface area contributed by atoms with Crippen molar-refractivity contribution in [2.45, 2.75) is 13.0 Å². The van der Waals surface area contributed by atoms with Crippen molar-refractivity contribution in [1.29, 1.82) is 0 Å². The van der Waals surface area contributed by atoms with E-state index in [4.69, 9.17) is 4.74 Å². The van der Waals surface area contributed by atoms with E-state index in [-0.39, 0.29) is 0 Å². The molecular weight excluding hydrogens is 262 g/mol. The van der Waals surface area contributed by atoms with Gasteiger partial charge in [-0.2, -0.15) is 0 Å². The van der Waals surface area contributed by atoms with Crippen LogP contribution >= 0.6 is 0 Å². The summed E-state index contributed by atoms with van der Waals surface area (Å²) in [4.78, 5) is 4.58. The number of rotatable bonds is 3. The molecule has 0 radical (unpaired) electrons. The van der Waals surface area contributed by atoms with Gasteiger partial charge in [0.25, 0.3) is 0 Å². The lowest BCUT2D eigenvalue weighted by Crippen LogP contribution is -2.03. The third kappa shape index (κ3) is 2.60. The molecular formula is C18H17NO2. The van der Waals surface area contributed by atoms with Gasteiger partial charge in [-0.25, -0.2) is 4.98 Å². The second kappa shape index (κ2) is 5.54. The van der Waals surface area contributed by atoms with Gasteiger partial charge in [-0.1, -0.05) is 30.3 Å². The molecule has 1 N–H and O–H groups in total. The normalized spacial score (nSPS) is 12.3. The van der Waals surface area contributed by atoms with Crippen molar-refractivity contribution in [1.82, 2.24) is 4.98 Å². The largest absolute Gasteiger partial charge is 0.497 e. The Morgan fingerprint density at radius 1 is 1.05 bits per heavy atom. The molecule has 1 aromatic heterocycles. The Balaban J connectivity index is 2.06. The summed E-state index contributed by atoms with van der Waals surface area (Å²) < 4.78 is 5.20. The summed E-state index contributed by atoms with van der Waals surface area (Å²) in [6.45, 7) is 2.03. The number of fused-ring (bicyclic) bond motifs is 1. The average Bonchev–Trinajstić information content (AvgIpc) is 2.54. The molecule has 1 atom stereocenters. The van der Waals surface area contributed by atoms with Gasteiger partial charge in [0.05, 0.1) is 18.3 Å². The van der Waals surface area contributed by atoms with Gasteiger partial charge in [0, 0.05) is 5.39 Å².